The summed E-state index contributed by atoms with van der Waals surface area (Å²) in [5.74, 6) is 0. The summed E-state index contributed by atoms with van der Waals surface area (Å²) < 4.78 is 28.5. The van der Waals surface area contributed by atoms with Crippen LogP contribution in [0.25, 0.3) is 0 Å². The highest BCUT2D eigenvalue weighted by atomic mass is 31.3. The molecule has 1 aliphatic heterocycles. The van der Waals surface area contributed by atoms with Gasteiger partial charge in [0.15, 0.2) is 6.23 Å². The van der Waals surface area contributed by atoms with Crippen molar-refractivity contribution in [1.29, 1.82) is 0 Å². The molecule has 7 N–H and O–H groups in total. The van der Waals surface area contributed by atoms with Crippen molar-refractivity contribution in [2.45, 2.75) is 31.5 Å². The normalized spacial score (nSPS) is 26.8. The van der Waals surface area contributed by atoms with Gasteiger partial charge in [0.2, 0.25) is 0 Å². The van der Waals surface area contributed by atoms with Gasteiger partial charge in [-0.1, -0.05) is 0 Å². The molecule has 0 amide bonds. The van der Waals surface area contributed by atoms with Gasteiger partial charge in [-0.2, -0.15) is 4.31 Å². The summed E-state index contributed by atoms with van der Waals surface area (Å²) in [6, 6.07) is 1.15. The molecule has 144 valence electrons. The standard InChI is InChI=1S/C9H12N2O5.H4O7P2/c1-4-6(13)7(14)8(16-4)11-3-2-5(12)10-9(11)15;1-8(2,3)7-9(4,5)6/h2-4,6-8,13-14H,1H3,(H,10,12,15);(H2,1,2,3)(H2,4,5,6)/t4-,6-,7-,8-;/m1./s1. The van der Waals surface area contributed by atoms with E-state index in [0.717, 1.165) is 10.6 Å². The molecule has 0 bridgehead atoms. The summed E-state index contributed by atoms with van der Waals surface area (Å²) >= 11 is 0. The molecule has 0 spiro atoms. The molecule has 0 aromatic carbocycles. The zero-order chi connectivity index (χ0) is 19.6. The summed E-state index contributed by atoms with van der Waals surface area (Å²) in [5.41, 5.74) is -1.21. The molecule has 1 aromatic heterocycles. The maximum absolute atomic E-state index is 11.4. The van der Waals surface area contributed by atoms with Crippen LogP contribution in [0, 0.1) is 0 Å². The van der Waals surface area contributed by atoms with Crippen molar-refractivity contribution in [2.75, 3.05) is 0 Å². The first-order valence-electron chi connectivity index (χ1n) is 6.37. The zero-order valence-corrected chi connectivity index (χ0v) is 14.2. The molecule has 14 nitrogen and oxygen atoms in total. The molecular formula is C9H16N2O12P2. The lowest BCUT2D eigenvalue weighted by Crippen LogP contribution is -2.37. The maximum Gasteiger partial charge on any atom is 0.478 e. The lowest BCUT2D eigenvalue weighted by Gasteiger charge is -2.16. The van der Waals surface area contributed by atoms with Crippen LogP contribution in [0.5, 0.6) is 0 Å². The number of nitrogens with zero attached hydrogens (tertiary/aromatic N) is 1. The number of aromatic amines is 1. The molecular weight excluding hydrogens is 390 g/mol. The van der Waals surface area contributed by atoms with Crippen LogP contribution in [-0.4, -0.2) is 57.6 Å². The lowest BCUT2D eigenvalue weighted by atomic mass is 10.1. The Kier molecular flexibility index (Phi) is 7.01. The van der Waals surface area contributed by atoms with Crippen LogP contribution in [-0.2, 0) is 18.2 Å². The first-order chi connectivity index (χ1) is 11.2. The van der Waals surface area contributed by atoms with E-state index in [0.29, 0.717) is 0 Å². The number of phosphoric acid groups is 2. The van der Waals surface area contributed by atoms with E-state index >= 15 is 0 Å². The van der Waals surface area contributed by atoms with Gasteiger partial charge in [-0.05, 0) is 6.92 Å². The number of nitrogens with one attached hydrogen (secondary N) is 1. The number of aliphatic hydroxyl groups excluding tert-OH is 2. The summed E-state index contributed by atoms with van der Waals surface area (Å²) in [5, 5.41) is 19.1. The monoisotopic (exact) mass is 406 g/mol. The van der Waals surface area contributed by atoms with Gasteiger partial charge in [0.05, 0.1) is 6.10 Å². The fraction of sp³-hybridized carbons (Fsp3) is 0.556. The number of hydrogen-bond donors (Lipinski definition) is 7. The van der Waals surface area contributed by atoms with Gasteiger partial charge in [0, 0.05) is 12.3 Å². The third-order valence-corrected chi connectivity index (χ3v) is 4.52. The second-order valence-electron chi connectivity index (χ2n) is 4.79. The smallest absolute Gasteiger partial charge is 0.388 e. The van der Waals surface area contributed by atoms with Crippen LogP contribution in [0.1, 0.15) is 13.2 Å². The minimum Gasteiger partial charge on any atom is -0.388 e. The van der Waals surface area contributed by atoms with Gasteiger partial charge in [-0.3, -0.25) is 14.3 Å². The molecule has 2 rings (SSSR count). The molecule has 0 saturated carbocycles. The third-order valence-electron chi connectivity index (χ3n) is 2.82. The fourth-order valence-corrected chi connectivity index (χ4v) is 2.93. The average molecular weight is 406 g/mol. The Hall–Kier alpha value is -1.18. The molecule has 25 heavy (non-hydrogen) atoms. The molecule has 1 saturated heterocycles. The number of aliphatic hydroxyl groups is 2. The second kappa shape index (κ2) is 8.01. The van der Waals surface area contributed by atoms with Crippen molar-refractivity contribution < 1.29 is 48.0 Å². The van der Waals surface area contributed by atoms with Crippen LogP contribution in [0.3, 0.4) is 0 Å². The molecule has 0 aliphatic carbocycles. The predicted molar refractivity (Wildman–Crippen MR) is 78.1 cm³/mol. The Balaban J connectivity index is 0.000000299. The van der Waals surface area contributed by atoms with E-state index < -0.39 is 51.4 Å². The molecule has 0 unspecified atom stereocenters. The molecule has 2 heterocycles. The van der Waals surface area contributed by atoms with Gasteiger partial charge in [-0.25, -0.2) is 13.9 Å². The highest BCUT2D eigenvalue weighted by Gasteiger charge is 2.41. The number of H-pyrrole nitrogens is 1. The Morgan fingerprint density at radius 3 is 1.96 bits per heavy atom. The molecule has 16 heteroatoms. The van der Waals surface area contributed by atoms with Crippen molar-refractivity contribution in [3.8, 4) is 0 Å². The van der Waals surface area contributed by atoms with Crippen LogP contribution in [0.2, 0.25) is 0 Å². The van der Waals surface area contributed by atoms with Crippen LogP contribution in [0.15, 0.2) is 21.9 Å². The summed E-state index contributed by atoms with van der Waals surface area (Å²) in [6.45, 7) is 1.59. The van der Waals surface area contributed by atoms with E-state index in [1.807, 2.05) is 4.98 Å². The predicted octanol–water partition coefficient (Wildman–Crippen LogP) is -2.64. The maximum atomic E-state index is 11.4. The van der Waals surface area contributed by atoms with Crippen molar-refractivity contribution >= 4 is 15.6 Å². The number of hydrogen-bond acceptors (Lipinski definition) is 8. The lowest BCUT2D eigenvalue weighted by molar-refractivity contribution is -0.0351. The van der Waals surface area contributed by atoms with E-state index in [1.54, 1.807) is 6.92 Å². The third kappa shape index (κ3) is 6.92. The number of rotatable bonds is 3. The Bertz CT molecular complexity index is 772. The molecule has 4 atom stereocenters. The highest BCUT2D eigenvalue weighted by molar-refractivity contribution is 7.60. The summed E-state index contributed by atoms with van der Waals surface area (Å²) in [4.78, 5) is 55.3. The number of ether oxygens (including phenoxy) is 1. The van der Waals surface area contributed by atoms with Crippen LogP contribution in [0.4, 0.5) is 0 Å². The quantitative estimate of drug-likeness (QED) is 0.256. The fourth-order valence-electron chi connectivity index (χ4n) is 1.82. The number of aromatic nitrogens is 2. The topological polar surface area (TPSA) is 229 Å². The molecule has 1 aromatic rings. The highest BCUT2D eigenvalue weighted by Crippen LogP contribution is 2.53. The minimum atomic E-state index is -5.05. The van der Waals surface area contributed by atoms with Crippen molar-refractivity contribution in [3.05, 3.63) is 33.1 Å². The van der Waals surface area contributed by atoms with Crippen molar-refractivity contribution in [3.63, 3.8) is 0 Å². The molecule has 1 fully saturated rings. The van der Waals surface area contributed by atoms with Gasteiger partial charge in [0.25, 0.3) is 5.56 Å². The minimum absolute atomic E-state index is 0.526. The van der Waals surface area contributed by atoms with E-state index in [-0.39, 0.29) is 0 Å². The Morgan fingerprint density at radius 1 is 1.12 bits per heavy atom. The van der Waals surface area contributed by atoms with E-state index in [1.165, 1.54) is 6.20 Å². The Morgan fingerprint density at radius 2 is 1.64 bits per heavy atom. The Labute approximate surface area is 138 Å². The van der Waals surface area contributed by atoms with Crippen molar-refractivity contribution in [2.24, 2.45) is 0 Å². The van der Waals surface area contributed by atoms with Crippen molar-refractivity contribution in [1.82, 2.24) is 9.55 Å². The first-order valence-corrected chi connectivity index (χ1v) is 9.43. The average Bonchev–Trinajstić information content (AvgIpc) is 2.63. The van der Waals surface area contributed by atoms with Gasteiger partial charge < -0.3 is 34.5 Å². The van der Waals surface area contributed by atoms with E-state index in [9.17, 15) is 28.9 Å². The molecule has 1 aliphatic rings. The molecule has 0 radical (unpaired) electrons. The first kappa shape index (κ1) is 21.9. The largest absolute Gasteiger partial charge is 0.478 e. The van der Waals surface area contributed by atoms with Gasteiger partial charge in [-0.15, -0.1) is 0 Å². The van der Waals surface area contributed by atoms with E-state index in [4.69, 9.17) is 24.3 Å². The van der Waals surface area contributed by atoms with Gasteiger partial charge >= 0.3 is 21.3 Å². The SMILES string of the molecule is C[C@H]1O[C@@H](n2ccc(=O)[nH]c2=O)[C@H](O)[C@@H]1O.O=P(O)(O)OP(=O)(O)O. The second-order valence-corrected chi connectivity index (χ2v) is 7.41. The van der Waals surface area contributed by atoms with Crippen LogP contribution < -0.4 is 11.2 Å². The zero-order valence-electron chi connectivity index (χ0n) is 12.4. The van der Waals surface area contributed by atoms with Gasteiger partial charge in [0.1, 0.15) is 12.2 Å². The summed E-state index contributed by atoms with van der Waals surface area (Å²) in [7, 11) is -10.1. The summed E-state index contributed by atoms with van der Waals surface area (Å²) in [6.07, 6.45) is -2.57. The van der Waals surface area contributed by atoms with E-state index in [2.05, 4.69) is 4.31 Å². The van der Waals surface area contributed by atoms with Crippen LogP contribution >= 0.6 is 15.6 Å².